The topological polar surface area (TPSA) is 55.0 Å². The lowest BCUT2D eigenvalue weighted by Crippen LogP contribution is -2.00. The SMILES string of the molecule is COC(=O)c1cccc(-c2c[nH]c3ncc(-c4ccccc4)cc23)c1. The molecule has 0 fully saturated rings. The molecule has 0 unspecified atom stereocenters. The Morgan fingerprint density at radius 1 is 0.960 bits per heavy atom. The van der Waals surface area contributed by atoms with Gasteiger partial charge in [0.25, 0.3) is 0 Å². The lowest BCUT2D eigenvalue weighted by atomic mass is 10.0. The van der Waals surface area contributed by atoms with Crippen LogP contribution in [-0.4, -0.2) is 23.0 Å². The zero-order chi connectivity index (χ0) is 17.2. The fraction of sp³-hybridized carbons (Fsp3) is 0.0476. The Balaban J connectivity index is 1.84. The molecule has 25 heavy (non-hydrogen) atoms. The Morgan fingerprint density at radius 3 is 2.56 bits per heavy atom. The summed E-state index contributed by atoms with van der Waals surface area (Å²) in [6, 6.07) is 19.7. The number of benzene rings is 2. The zero-order valence-corrected chi connectivity index (χ0v) is 13.7. The minimum Gasteiger partial charge on any atom is -0.465 e. The highest BCUT2D eigenvalue weighted by Crippen LogP contribution is 2.31. The Bertz CT molecular complexity index is 1050. The number of aromatic nitrogens is 2. The number of nitrogens with one attached hydrogen (secondary N) is 1. The average molecular weight is 328 g/mol. The van der Waals surface area contributed by atoms with Gasteiger partial charge in [0.1, 0.15) is 5.65 Å². The smallest absolute Gasteiger partial charge is 0.337 e. The monoisotopic (exact) mass is 328 g/mol. The molecule has 0 saturated heterocycles. The van der Waals surface area contributed by atoms with Gasteiger partial charge in [0.15, 0.2) is 0 Å². The van der Waals surface area contributed by atoms with Crippen molar-refractivity contribution in [1.29, 1.82) is 0 Å². The van der Waals surface area contributed by atoms with Gasteiger partial charge in [-0.3, -0.25) is 0 Å². The summed E-state index contributed by atoms with van der Waals surface area (Å²) in [5.74, 6) is -0.343. The minimum atomic E-state index is -0.343. The number of aromatic amines is 1. The van der Waals surface area contributed by atoms with Crippen molar-refractivity contribution in [1.82, 2.24) is 9.97 Å². The second-order valence-corrected chi connectivity index (χ2v) is 5.76. The van der Waals surface area contributed by atoms with Gasteiger partial charge in [-0.05, 0) is 29.3 Å². The van der Waals surface area contributed by atoms with Crippen LogP contribution in [0.25, 0.3) is 33.3 Å². The van der Waals surface area contributed by atoms with Crippen LogP contribution in [0, 0.1) is 0 Å². The molecule has 0 atom stereocenters. The first-order valence-electron chi connectivity index (χ1n) is 7.97. The van der Waals surface area contributed by atoms with E-state index < -0.39 is 0 Å². The van der Waals surface area contributed by atoms with Gasteiger partial charge < -0.3 is 9.72 Å². The van der Waals surface area contributed by atoms with E-state index in [1.54, 1.807) is 6.07 Å². The fourth-order valence-corrected chi connectivity index (χ4v) is 2.96. The van der Waals surface area contributed by atoms with Crippen molar-refractivity contribution in [3.63, 3.8) is 0 Å². The van der Waals surface area contributed by atoms with Gasteiger partial charge in [0.05, 0.1) is 12.7 Å². The van der Waals surface area contributed by atoms with Gasteiger partial charge >= 0.3 is 5.97 Å². The first-order valence-corrected chi connectivity index (χ1v) is 7.97. The summed E-state index contributed by atoms with van der Waals surface area (Å²) in [5.41, 5.74) is 5.47. The minimum absolute atomic E-state index is 0.343. The van der Waals surface area contributed by atoms with Crippen molar-refractivity contribution >= 4 is 17.0 Å². The van der Waals surface area contributed by atoms with Gasteiger partial charge in [-0.1, -0.05) is 42.5 Å². The van der Waals surface area contributed by atoms with Crippen molar-refractivity contribution in [2.24, 2.45) is 0 Å². The normalized spacial score (nSPS) is 10.8. The van der Waals surface area contributed by atoms with Crippen LogP contribution in [0.4, 0.5) is 0 Å². The number of esters is 1. The van der Waals surface area contributed by atoms with Gasteiger partial charge in [-0.25, -0.2) is 9.78 Å². The van der Waals surface area contributed by atoms with E-state index in [9.17, 15) is 4.79 Å². The van der Waals surface area contributed by atoms with Crippen molar-refractivity contribution in [2.75, 3.05) is 7.11 Å². The highest BCUT2D eigenvalue weighted by molar-refractivity contribution is 5.98. The largest absolute Gasteiger partial charge is 0.465 e. The number of hydrogen-bond acceptors (Lipinski definition) is 3. The molecule has 0 bridgehead atoms. The molecule has 2 heterocycles. The summed E-state index contributed by atoms with van der Waals surface area (Å²) in [6.07, 6.45) is 3.78. The second kappa shape index (κ2) is 6.24. The molecular formula is C21H16N2O2. The third-order valence-corrected chi connectivity index (χ3v) is 4.23. The molecule has 0 saturated carbocycles. The average Bonchev–Trinajstić information content (AvgIpc) is 3.11. The lowest BCUT2D eigenvalue weighted by Gasteiger charge is -2.05. The summed E-state index contributed by atoms with van der Waals surface area (Å²) < 4.78 is 4.81. The first-order chi connectivity index (χ1) is 12.3. The van der Waals surface area contributed by atoms with Crippen molar-refractivity contribution in [3.05, 3.63) is 78.6 Å². The quantitative estimate of drug-likeness (QED) is 0.555. The van der Waals surface area contributed by atoms with E-state index in [1.165, 1.54) is 7.11 Å². The van der Waals surface area contributed by atoms with E-state index in [2.05, 4.69) is 28.2 Å². The van der Waals surface area contributed by atoms with Crippen molar-refractivity contribution in [3.8, 4) is 22.3 Å². The van der Waals surface area contributed by atoms with Gasteiger partial charge in [-0.15, -0.1) is 0 Å². The van der Waals surface area contributed by atoms with Crippen LogP contribution in [0.1, 0.15) is 10.4 Å². The summed E-state index contributed by atoms with van der Waals surface area (Å²) >= 11 is 0. The standard InChI is InChI=1S/C21H16N2O2/c1-25-21(24)16-9-5-8-15(10-16)19-13-23-20-18(19)11-17(12-22-20)14-6-3-2-4-7-14/h2-13H,1H3,(H,22,23). The Morgan fingerprint density at radius 2 is 1.76 bits per heavy atom. The maximum Gasteiger partial charge on any atom is 0.337 e. The number of H-pyrrole nitrogens is 1. The van der Waals surface area contributed by atoms with Crippen LogP contribution in [0.2, 0.25) is 0 Å². The molecule has 0 radical (unpaired) electrons. The van der Waals surface area contributed by atoms with Crippen LogP contribution in [0.5, 0.6) is 0 Å². The van der Waals surface area contributed by atoms with E-state index in [4.69, 9.17) is 4.74 Å². The fourth-order valence-electron chi connectivity index (χ4n) is 2.96. The zero-order valence-electron chi connectivity index (χ0n) is 13.7. The maximum absolute atomic E-state index is 11.8. The Hall–Kier alpha value is -3.40. The molecule has 0 aliphatic carbocycles. The molecule has 4 rings (SSSR count). The van der Waals surface area contributed by atoms with E-state index in [-0.39, 0.29) is 5.97 Å². The molecule has 4 aromatic rings. The van der Waals surface area contributed by atoms with Crippen molar-refractivity contribution < 1.29 is 9.53 Å². The van der Waals surface area contributed by atoms with Crippen LogP contribution >= 0.6 is 0 Å². The van der Waals surface area contributed by atoms with Crippen LogP contribution in [0.15, 0.2) is 73.1 Å². The molecule has 1 N–H and O–H groups in total. The number of methoxy groups -OCH3 is 1. The molecule has 0 amide bonds. The third kappa shape index (κ3) is 2.78. The number of nitrogens with zero attached hydrogens (tertiary/aromatic N) is 1. The first kappa shape index (κ1) is 15.1. The molecule has 2 aromatic carbocycles. The predicted octanol–water partition coefficient (Wildman–Crippen LogP) is 4.68. The van der Waals surface area contributed by atoms with Gasteiger partial charge in [-0.2, -0.15) is 0 Å². The molecule has 0 aliphatic rings. The molecular weight excluding hydrogens is 312 g/mol. The van der Waals surface area contributed by atoms with Crippen LogP contribution in [0.3, 0.4) is 0 Å². The number of fused-ring (bicyclic) bond motifs is 1. The molecule has 2 aromatic heterocycles. The third-order valence-electron chi connectivity index (χ3n) is 4.23. The number of rotatable bonds is 3. The maximum atomic E-state index is 11.8. The summed E-state index contributed by atoms with van der Waals surface area (Å²) in [7, 11) is 1.39. The molecule has 4 nitrogen and oxygen atoms in total. The Labute approximate surface area is 145 Å². The summed E-state index contributed by atoms with van der Waals surface area (Å²) in [4.78, 5) is 19.5. The number of pyridine rings is 1. The van der Waals surface area contributed by atoms with Crippen LogP contribution in [-0.2, 0) is 4.74 Å². The van der Waals surface area contributed by atoms with E-state index in [0.29, 0.717) is 5.56 Å². The van der Waals surface area contributed by atoms with Crippen molar-refractivity contribution in [2.45, 2.75) is 0 Å². The summed E-state index contributed by atoms with van der Waals surface area (Å²) in [6.45, 7) is 0. The number of carbonyl (C=O) groups is 1. The predicted molar refractivity (Wildman–Crippen MR) is 98.3 cm³/mol. The number of ether oxygens (including phenoxy) is 1. The second-order valence-electron chi connectivity index (χ2n) is 5.76. The highest BCUT2D eigenvalue weighted by Gasteiger charge is 2.11. The van der Waals surface area contributed by atoms with E-state index in [0.717, 1.165) is 33.3 Å². The van der Waals surface area contributed by atoms with E-state index >= 15 is 0 Å². The van der Waals surface area contributed by atoms with E-state index in [1.807, 2.05) is 48.8 Å². The summed E-state index contributed by atoms with van der Waals surface area (Å²) in [5, 5.41) is 1.02. The molecule has 4 heteroatoms. The van der Waals surface area contributed by atoms with Gasteiger partial charge in [0.2, 0.25) is 0 Å². The Kier molecular flexibility index (Phi) is 3.78. The van der Waals surface area contributed by atoms with Crippen LogP contribution < -0.4 is 0 Å². The molecule has 0 aliphatic heterocycles. The number of carbonyl (C=O) groups excluding carboxylic acids is 1. The lowest BCUT2D eigenvalue weighted by molar-refractivity contribution is 0.0601. The molecule has 0 spiro atoms. The number of hydrogen-bond donors (Lipinski definition) is 1. The highest BCUT2D eigenvalue weighted by atomic mass is 16.5. The molecule has 122 valence electrons. The van der Waals surface area contributed by atoms with Gasteiger partial charge in [0, 0.05) is 28.9 Å².